The number of esters is 1. The van der Waals surface area contributed by atoms with Crippen molar-refractivity contribution in [2.45, 2.75) is 40.2 Å². The van der Waals surface area contributed by atoms with Gasteiger partial charge in [0.05, 0.1) is 24.7 Å². The first-order valence-corrected chi connectivity index (χ1v) is 13.2. The zero-order valence-corrected chi connectivity index (χ0v) is 21.0. The first kappa shape index (κ1) is 27.4. The van der Waals surface area contributed by atoms with Gasteiger partial charge in [-0.25, -0.2) is 8.42 Å². The van der Waals surface area contributed by atoms with Gasteiger partial charge in [0.15, 0.2) is 27.9 Å². The Labute approximate surface area is 200 Å². The highest BCUT2D eigenvalue weighted by molar-refractivity contribution is 7.91. The number of amides is 2. The molecular weight excluding hydrogens is 464 g/mol. The largest absolute Gasteiger partial charge is 0.490 e. The highest BCUT2D eigenvalue weighted by atomic mass is 32.2. The molecule has 0 aromatic heterocycles. The second-order valence-electron chi connectivity index (χ2n) is 8.37. The lowest BCUT2D eigenvalue weighted by Gasteiger charge is -2.29. The summed E-state index contributed by atoms with van der Waals surface area (Å²) in [5, 5.41) is 2.46. The van der Waals surface area contributed by atoms with Crippen LogP contribution in [-0.2, 0) is 24.2 Å². The maximum Gasteiger partial charge on any atom is 0.325 e. The summed E-state index contributed by atoms with van der Waals surface area (Å²) in [7, 11) is -3.16. The van der Waals surface area contributed by atoms with Crippen LogP contribution in [0.5, 0.6) is 11.5 Å². The van der Waals surface area contributed by atoms with Gasteiger partial charge in [-0.2, -0.15) is 0 Å². The molecule has 0 spiro atoms. The number of ether oxygens (including phenoxy) is 3. The minimum Gasteiger partial charge on any atom is -0.490 e. The van der Waals surface area contributed by atoms with Crippen LogP contribution in [0.25, 0.3) is 0 Å². The molecule has 1 aromatic carbocycles. The molecule has 190 valence electrons. The zero-order chi connectivity index (χ0) is 25.3. The Morgan fingerprint density at radius 3 is 2.38 bits per heavy atom. The molecule has 1 heterocycles. The van der Waals surface area contributed by atoms with Crippen LogP contribution in [0.15, 0.2) is 18.2 Å². The average molecular weight is 499 g/mol. The van der Waals surface area contributed by atoms with Crippen LogP contribution in [0.3, 0.4) is 0 Å². The van der Waals surface area contributed by atoms with E-state index in [4.69, 9.17) is 14.2 Å². The Kier molecular flexibility index (Phi) is 10.2. The number of carbonyl (C=O) groups is 3. The van der Waals surface area contributed by atoms with E-state index >= 15 is 0 Å². The van der Waals surface area contributed by atoms with Gasteiger partial charge in [0.1, 0.15) is 6.54 Å². The summed E-state index contributed by atoms with van der Waals surface area (Å²) in [5.41, 5.74) is 0.279. The third kappa shape index (κ3) is 8.19. The number of sulfone groups is 1. The number of hydrogen-bond donors (Lipinski definition) is 1. The van der Waals surface area contributed by atoms with Gasteiger partial charge in [0, 0.05) is 18.2 Å². The van der Waals surface area contributed by atoms with Gasteiger partial charge in [-0.05, 0) is 44.4 Å². The van der Waals surface area contributed by atoms with Crippen LogP contribution in [0.1, 0.15) is 44.5 Å². The number of nitrogens with zero attached hydrogens (tertiary/aromatic N) is 1. The van der Waals surface area contributed by atoms with Gasteiger partial charge in [0.25, 0.3) is 11.8 Å². The van der Waals surface area contributed by atoms with Crippen molar-refractivity contribution in [1.82, 2.24) is 10.2 Å². The quantitative estimate of drug-likeness (QED) is 0.429. The van der Waals surface area contributed by atoms with Gasteiger partial charge < -0.3 is 24.4 Å². The number of rotatable bonds is 12. The molecule has 1 aromatic rings. The number of benzene rings is 1. The molecule has 0 radical (unpaired) electrons. The maximum absolute atomic E-state index is 12.7. The fourth-order valence-electron chi connectivity index (χ4n) is 3.59. The molecule has 1 aliphatic rings. The van der Waals surface area contributed by atoms with Crippen molar-refractivity contribution in [3.8, 4) is 11.5 Å². The Bertz CT molecular complexity index is 977. The predicted molar refractivity (Wildman–Crippen MR) is 126 cm³/mol. The van der Waals surface area contributed by atoms with E-state index in [0.29, 0.717) is 37.7 Å². The molecule has 11 heteroatoms. The lowest BCUT2D eigenvalue weighted by Crippen LogP contribution is -2.45. The first-order chi connectivity index (χ1) is 16.1. The van der Waals surface area contributed by atoms with E-state index in [0.717, 1.165) is 0 Å². The molecule has 10 nitrogen and oxygen atoms in total. The van der Waals surface area contributed by atoms with Gasteiger partial charge in [-0.1, -0.05) is 13.8 Å². The average Bonchev–Trinajstić information content (AvgIpc) is 3.14. The van der Waals surface area contributed by atoms with Crippen molar-refractivity contribution in [2.24, 2.45) is 5.92 Å². The number of carbonyl (C=O) groups excluding carboxylic acids is 3. The molecule has 0 aliphatic carbocycles. The van der Waals surface area contributed by atoms with Crippen molar-refractivity contribution >= 4 is 27.6 Å². The van der Waals surface area contributed by atoms with Gasteiger partial charge in [-0.3, -0.25) is 14.4 Å². The van der Waals surface area contributed by atoms with Crippen molar-refractivity contribution < 1.29 is 37.0 Å². The van der Waals surface area contributed by atoms with E-state index in [2.05, 4.69) is 5.32 Å². The highest BCUT2D eigenvalue weighted by Gasteiger charge is 2.35. The smallest absolute Gasteiger partial charge is 0.325 e. The fourth-order valence-corrected chi connectivity index (χ4v) is 5.32. The number of hydrogen-bond acceptors (Lipinski definition) is 8. The molecule has 1 saturated heterocycles. The third-order valence-corrected chi connectivity index (χ3v) is 6.84. The fraction of sp³-hybridized carbons (Fsp3) is 0.609. The molecule has 1 N–H and O–H groups in total. The Hall–Kier alpha value is -2.82. The summed E-state index contributed by atoms with van der Waals surface area (Å²) in [5.74, 6) is -0.722. The molecule has 1 atom stereocenters. The van der Waals surface area contributed by atoms with Gasteiger partial charge in [0.2, 0.25) is 0 Å². The zero-order valence-electron chi connectivity index (χ0n) is 20.2. The topological polar surface area (TPSA) is 128 Å². The number of nitrogens with one attached hydrogen (secondary N) is 1. The van der Waals surface area contributed by atoms with E-state index in [-0.39, 0.29) is 23.0 Å². The van der Waals surface area contributed by atoms with Crippen LogP contribution in [0, 0.1) is 5.92 Å². The van der Waals surface area contributed by atoms with Gasteiger partial charge in [-0.15, -0.1) is 0 Å². The predicted octanol–water partition coefficient (Wildman–Crippen LogP) is 1.43. The third-order valence-electron chi connectivity index (χ3n) is 5.09. The summed E-state index contributed by atoms with van der Waals surface area (Å²) in [4.78, 5) is 38.7. The second-order valence-corrected chi connectivity index (χ2v) is 10.6. The monoisotopic (exact) mass is 498 g/mol. The van der Waals surface area contributed by atoms with Crippen LogP contribution in [0.4, 0.5) is 0 Å². The molecule has 1 unspecified atom stereocenters. The normalized spacial score (nSPS) is 16.7. The van der Waals surface area contributed by atoms with Gasteiger partial charge >= 0.3 is 5.97 Å². The first-order valence-electron chi connectivity index (χ1n) is 11.4. The second kappa shape index (κ2) is 12.6. The SMILES string of the molecule is CCOc1ccc(C(=O)NCC(=O)OCC(=O)N(CC(C)C)C2CCS(=O)(=O)C2)cc1OCC. The maximum atomic E-state index is 12.7. The highest BCUT2D eigenvalue weighted by Crippen LogP contribution is 2.28. The van der Waals surface area contributed by atoms with Crippen molar-refractivity contribution in [3.05, 3.63) is 23.8 Å². The van der Waals surface area contributed by atoms with E-state index in [1.165, 1.54) is 11.0 Å². The molecule has 1 fully saturated rings. The molecular formula is C23H34N2O8S. The molecule has 1 aliphatic heterocycles. The summed E-state index contributed by atoms with van der Waals surface area (Å²) in [6, 6.07) is 4.28. The van der Waals surface area contributed by atoms with E-state index in [1.54, 1.807) is 12.1 Å². The summed E-state index contributed by atoms with van der Waals surface area (Å²) < 4.78 is 39.6. The molecule has 0 saturated carbocycles. The molecule has 34 heavy (non-hydrogen) atoms. The lowest BCUT2D eigenvalue weighted by molar-refractivity contribution is -0.152. The van der Waals surface area contributed by atoms with E-state index in [1.807, 2.05) is 27.7 Å². The molecule has 0 bridgehead atoms. The van der Waals surface area contributed by atoms with Crippen LogP contribution < -0.4 is 14.8 Å². The van der Waals surface area contributed by atoms with Crippen LogP contribution >= 0.6 is 0 Å². The summed E-state index contributed by atoms with van der Waals surface area (Å²) in [6.45, 7) is 7.76. The van der Waals surface area contributed by atoms with Crippen LogP contribution in [0.2, 0.25) is 0 Å². The minimum absolute atomic E-state index is 0.0436. The van der Waals surface area contributed by atoms with Crippen molar-refractivity contribution in [1.29, 1.82) is 0 Å². The summed E-state index contributed by atoms with van der Waals surface area (Å²) in [6.07, 6.45) is 0.372. The van der Waals surface area contributed by atoms with Crippen molar-refractivity contribution in [2.75, 3.05) is 44.4 Å². The lowest BCUT2D eigenvalue weighted by atomic mass is 10.1. The standard InChI is InChI=1S/C23H34N2O8S/c1-5-31-19-8-7-17(11-20(19)32-6-2)23(28)24-12-22(27)33-14-21(26)25(13-16(3)4)18-9-10-34(29,30)15-18/h7-8,11,16,18H,5-6,9-10,12-15H2,1-4H3,(H,24,28). The van der Waals surface area contributed by atoms with Crippen molar-refractivity contribution in [3.63, 3.8) is 0 Å². The molecule has 2 rings (SSSR count). The van der Waals surface area contributed by atoms with Crippen LogP contribution in [-0.4, -0.2) is 81.6 Å². The van der Waals surface area contributed by atoms with E-state index in [9.17, 15) is 22.8 Å². The summed E-state index contributed by atoms with van der Waals surface area (Å²) >= 11 is 0. The minimum atomic E-state index is -3.16. The molecule has 2 amide bonds. The Balaban J connectivity index is 1.89. The Morgan fingerprint density at radius 2 is 1.79 bits per heavy atom. The van der Waals surface area contributed by atoms with E-state index < -0.39 is 46.8 Å². The Morgan fingerprint density at radius 1 is 1.12 bits per heavy atom.